The van der Waals surface area contributed by atoms with Crippen LogP contribution in [-0.2, 0) is 9.53 Å². The number of rotatable bonds is 1. The van der Waals surface area contributed by atoms with E-state index in [1.165, 1.54) is 0 Å². The minimum absolute atomic E-state index is 0.151. The van der Waals surface area contributed by atoms with Crippen molar-refractivity contribution in [3.8, 4) is 0 Å². The van der Waals surface area contributed by atoms with Crippen molar-refractivity contribution >= 4 is 29.3 Å². The summed E-state index contributed by atoms with van der Waals surface area (Å²) in [5, 5.41) is 0.631. The third kappa shape index (κ3) is 3.76. The Morgan fingerprint density at radius 1 is 1.16 bits per heavy atom. The van der Waals surface area contributed by atoms with Crippen molar-refractivity contribution in [2.75, 3.05) is 24.5 Å². The third-order valence-corrected chi connectivity index (χ3v) is 5.24. The molecule has 1 aromatic carbocycles. The van der Waals surface area contributed by atoms with Gasteiger partial charge in [-0.2, -0.15) is 0 Å². The van der Waals surface area contributed by atoms with Gasteiger partial charge in [-0.05, 0) is 58.2 Å². The number of ether oxygens (including phenoxy) is 1. The number of piperidine rings is 1. The number of nitrogens with zero attached hydrogens (tertiary/aromatic N) is 2. The summed E-state index contributed by atoms with van der Waals surface area (Å²) < 4.78 is 5.44. The molecule has 0 bridgehead atoms. The van der Waals surface area contributed by atoms with E-state index in [4.69, 9.17) is 16.3 Å². The van der Waals surface area contributed by atoms with E-state index in [-0.39, 0.29) is 17.4 Å². The predicted molar refractivity (Wildman–Crippen MR) is 97.9 cm³/mol. The highest BCUT2D eigenvalue weighted by atomic mass is 35.5. The van der Waals surface area contributed by atoms with Crippen molar-refractivity contribution in [1.82, 2.24) is 4.90 Å². The monoisotopic (exact) mass is 364 g/mol. The number of likely N-dealkylation sites (tertiary alicyclic amines) is 1. The highest BCUT2D eigenvalue weighted by molar-refractivity contribution is 6.31. The van der Waals surface area contributed by atoms with Gasteiger partial charge in [0.1, 0.15) is 5.60 Å². The molecule has 2 fully saturated rings. The van der Waals surface area contributed by atoms with Crippen LogP contribution in [-0.4, -0.2) is 42.1 Å². The number of carbonyl (C=O) groups excluding carboxylic acids is 2. The predicted octanol–water partition coefficient (Wildman–Crippen LogP) is 4.09. The molecule has 0 unspecified atom stereocenters. The summed E-state index contributed by atoms with van der Waals surface area (Å²) in [7, 11) is 0. The van der Waals surface area contributed by atoms with Crippen LogP contribution in [0.4, 0.5) is 10.5 Å². The first-order chi connectivity index (χ1) is 11.7. The largest absolute Gasteiger partial charge is 0.444 e. The van der Waals surface area contributed by atoms with Gasteiger partial charge in [0, 0.05) is 30.3 Å². The van der Waals surface area contributed by atoms with E-state index in [2.05, 4.69) is 0 Å². The first-order valence-corrected chi connectivity index (χ1v) is 9.13. The normalized spacial score (nSPS) is 20.2. The second kappa shape index (κ2) is 6.52. The lowest BCUT2D eigenvalue weighted by atomic mass is 9.77. The lowest BCUT2D eigenvalue weighted by molar-refractivity contribution is -0.128. The molecule has 2 heterocycles. The number of benzene rings is 1. The van der Waals surface area contributed by atoms with Gasteiger partial charge in [-0.3, -0.25) is 4.79 Å². The number of amides is 2. The summed E-state index contributed by atoms with van der Waals surface area (Å²) in [6.07, 6.45) is 1.89. The fraction of sp³-hybridized carbons (Fsp3) is 0.579. The lowest BCUT2D eigenvalue weighted by Gasteiger charge is -2.38. The zero-order valence-electron chi connectivity index (χ0n) is 15.0. The number of halogens is 1. The minimum Gasteiger partial charge on any atom is -0.444 e. The number of hydrogen-bond acceptors (Lipinski definition) is 3. The van der Waals surface area contributed by atoms with Crippen molar-refractivity contribution in [2.45, 2.75) is 45.6 Å². The van der Waals surface area contributed by atoms with E-state index in [1.54, 1.807) is 11.0 Å². The van der Waals surface area contributed by atoms with Crippen LogP contribution < -0.4 is 4.90 Å². The average molecular weight is 365 g/mol. The molecule has 136 valence electrons. The highest BCUT2D eigenvalue weighted by Crippen LogP contribution is 2.43. The Bertz CT molecular complexity index is 675. The molecule has 0 N–H and O–H groups in total. The van der Waals surface area contributed by atoms with Crippen molar-refractivity contribution in [1.29, 1.82) is 0 Å². The zero-order chi connectivity index (χ0) is 18.2. The molecular formula is C19H25ClN2O3. The molecule has 0 atom stereocenters. The lowest BCUT2D eigenvalue weighted by Crippen LogP contribution is -2.48. The molecule has 0 saturated carbocycles. The van der Waals surface area contributed by atoms with Gasteiger partial charge in [-0.15, -0.1) is 0 Å². The fourth-order valence-corrected chi connectivity index (χ4v) is 3.80. The topological polar surface area (TPSA) is 49.9 Å². The minimum atomic E-state index is -0.501. The second-order valence-corrected chi connectivity index (χ2v) is 8.37. The van der Waals surface area contributed by atoms with E-state index in [9.17, 15) is 9.59 Å². The van der Waals surface area contributed by atoms with Crippen molar-refractivity contribution in [3.63, 3.8) is 0 Å². The molecule has 1 spiro atoms. The smallest absolute Gasteiger partial charge is 0.410 e. The van der Waals surface area contributed by atoms with Crippen LogP contribution in [0.3, 0.4) is 0 Å². The molecular weight excluding hydrogens is 340 g/mol. The maximum absolute atomic E-state index is 13.0. The van der Waals surface area contributed by atoms with E-state index in [0.717, 1.165) is 12.1 Å². The summed E-state index contributed by atoms with van der Waals surface area (Å²) in [5.74, 6) is 0.151. The molecule has 2 amide bonds. The Labute approximate surface area is 153 Å². The van der Waals surface area contributed by atoms with Crippen LogP contribution in [0.25, 0.3) is 0 Å². The SMILES string of the molecule is CC(C)(C)OC(=O)N1CCC2(CC1)CCN(c1cccc(Cl)c1)C2=O. The maximum Gasteiger partial charge on any atom is 0.410 e. The van der Waals surface area contributed by atoms with Gasteiger partial charge in [0.25, 0.3) is 0 Å². The van der Waals surface area contributed by atoms with E-state index < -0.39 is 5.60 Å². The Balaban J connectivity index is 1.66. The van der Waals surface area contributed by atoms with Crippen molar-refractivity contribution < 1.29 is 14.3 Å². The zero-order valence-corrected chi connectivity index (χ0v) is 15.8. The van der Waals surface area contributed by atoms with Gasteiger partial charge >= 0.3 is 6.09 Å². The van der Waals surface area contributed by atoms with E-state index in [1.807, 2.05) is 43.9 Å². The Kier molecular flexibility index (Phi) is 4.71. The summed E-state index contributed by atoms with van der Waals surface area (Å²) in [6, 6.07) is 7.41. The molecule has 2 saturated heterocycles. The Morgan fingerprint density at radius 2 is 1.80 bits per heavy atom. The van der Waals surface area contributed by atoms with Crippen molar-refractivity contribution in [3.05, 3.63) is 29.3 Å². The highest BCUT2D eigenvalue weighted by Gasteiger charge is 2.49. The van der Waals surface area contributed by atoms with Gasteiger partial charge in [0.15, 0.2) is 0 Å². The number of hydrogen-bond donors (Lipinski definition) is 0. The average Bonchev–Trinajstić information content (AvgIpc) is 2.83. The first-order valence-electron chi connectivity index (χ1n) is 8.76. The molecule has 0 aliphatic carbocycles. The van der Waals surface area contributed by atoms with Gasteiger partial charge in [-0.1, -0.05) is 17.7 Å². The van der Waals surface area contributed by atoms with Crippen LogP contribution >= 0.6 is 11.6 Å². The van der Waals surface area contributed by atoms with E-state index in [0.29, 0.717) is 37.5 Å². The molecule has 6 heteroatoms. The molecule has 25 heavy (non-hydrogen) atoms. The van der Waals surface area contributed by atoms with Gasteiger partial charge in [0.2, 0.25) is 5.91 Å². The first kappa shape index (κ1) is 18.1. The summed E-state index contributed by atoms with van der Waals surface area (Å²) in [6.45, 7) is 7.40. The second-order valence-electron chi connectivity index (χ2n) is 7.93. The number of carbonyl (C=O) groups is 2. The molecule has 2 aliphatic rings. The number of anilines is 1. The summed E-state index contributed by atoms with van der Waals surface area (Å²) >= 11 is 6.06. The molecule has 5 nitrogen and oxygen atoms in total. The summed E-state index contributed by atoms with van der Waals surface area (Å²) in [5.41, 5.74) is -0.0106. The molecule has 2 aliphatic heterocycles. The van der Waals surface area contributed by atoms with Crippen LogP contribution in [0.2, 0.25) is 5.02 Å². The molecule has 1 aromatic rings. The van der Waals surface area contributed by atoms with Crippen molar-refractivity contribution in [2.24, 2.45) is 5.41 Å². The quantitative estimate of drug-likeness (QED) is 0.754. The van der Waals surface area contributed by atoms with Crippen LogP contribution in [0.5, 0.6) is 0 Å². The van der Waals surface area contributed by atoms with Crippen LogP contribution in [0, 0.1) is 5.41 Å². The fourth-order valence-electron chi connectivity index (χ4n) is 3.62. The van der Waals surface area contributed by atoms with Gasteiger partial charge in [-0.25, -0.2) is 4.79 Å². The van der Waals surface area contributed by atoms with Gasteiger partial charge in [0.05, 0.1) is 5.41 Å². The Hall–Kier alpha value is -1.75. The van der Waals surface area contributed by atoms with Crippen LogP contribution in [0.1, 0.15) is 40.0 Å². The third-order valence-electron chi connectivity index (χ3n) is 5.00. The van der Waals surface area contributed by atoms with E-state index >= 15 is 0 Å². The maximum atomic E-state index is 13.0. The molecule has 0 radical (unpaired) electrons. The molecule has 3 rings (SSSR count). The van der Waals surface area contributed by atoms with Crippen LogP contribution in [0.15, 0.2) is 24.3 Å². The summed E-state index contributed by atoms with van der Waals surface area (Å²) in [4.78, 5) is 28.8. The molecule has 0 aromatic heterocycles. The Morgan fingerprint density at radius 3 is 2.40 bits per heavy atom. The van der Waals surface area contributed by atoms with Gasteiger partial charge < -0.3 is 14.5 Å². The standard InChI is InChI=1S/C19H25ClN2O3/c1-18(2,3)25-17(24)21-10-7-19(8-11-21)9-12-22(16(19)23)15-6-4-5-14(20)13-15/h4-6,13H,7-12H2,1-3H3.